The minimum absolute atomic E-state index is 0.0157. The number of nitrogens with one attached hydrogen (secondary N) is 1. The highest BCUT2D eigenvalue weighted by Gasteiger charge is 2.26. The van der Waals surface area contributed by atoms with Gasteiger partial charge in [-0.05, 0) is 47.8 Å². The number of carbonyl (C=O) groups excluding carboxylic acids is 1. The highest BCUT2D eigenvalue weighted by atomic mass is 127. The molecule has 0 saturated heterocycles. The van der Waals surface area contributed by atoms with Crippen molar-refractivity contribution in [3.63, 3.8) is 0 Å². The number of nitrogens with zero attached hydrogens (tertiary/aromatic N) is 1. The van der Waals surface area contributed by atoms with Crippen LogP contribution < -0.4 is 5.32 Å². The van der Waals surface area contributed by atoms with Crippen LogP contribution in [0.3, 0.4) is 0 Å². The van der Waals surface area contributed by atoms with Gasteiger partial charge in [-0.15, -0.1) is 0 Å². The highest BCUT2D eigenvalue weighted by Crippen LogP contribution is 2.29. The second-order valence-corrected chi connectivity index (χ2v) is 7.13. The van der Waals surface area contributed by atoms with Crippen molar-refractivity contribution in [2.45, 2.75) is 31.4 Å². The summed E-state index contributed by atoms with van der Waals surface area (Å²) in [6, 6.07) is 4.33. The maximum absolute atomic E-state index is 12.3. The zero-order chi connectivity index (χ0) is 16.0. The lowest BCUT2D eigenvalue weighted by molar-refractivity contribution is -0.384. The molecule has 1 N–H and O–H groups in total. The molecule has 0 radical (unpaired) electrons. The van der Waals surface area contributed by atoms with E-state index in [4.69, 9.17) is 0 Å². The molecule has 1 amide bonds. The molecule has 0 atom stereocenters. The Hall–Kier alpha value is -0.830. The van der Waals surface area contributed by atoms with E-state index in [1.165, 1.54) is 12.1 Å². The van der Waals surface area contributed by atoms with Gasteiger partial charge in [-0.2, -0.15) is 11.8 Å². The number of rotatable bonds is 7. The number of halogens is 1. The molecule has 0 heterocycles. The van der Waals surface area contributed by atoms with Gasteiger partial charge in [-0.25, -0.2) is 0 Å². The van der Waals surface area contributed by atoms with E-state index >= 15 is 0 Å². The maximum atomic E-state index is 12.3. The third kappa shape index (κ3) is 4.57. The Kier molecular flexibility index (Phi) is 6.92. The molecule has 21 heavy (non-hydrogen) atoms. The number of hydrogen-bond donors (Lipinski definition) is 1. The number of carbonyl (C=O) groups is 1. The van der Waals surface area contributed by atoms with Crippen LogP contribution in [0, 0.1) is 13.7 Å². The van der Waals surface area contributed by atoms with Gasteiger partial charge in [0.1, 0.15) is 0 Å². The smallest absolute Gasteiger partial charge is 0.270 e. The number of non-ortho nitro benzene ring substituents is 1. The van der Waals surface area contributed by atoms with Crippen LogP contribution in [0.5, 0.6) is 0 Å². The normalized spacial score (nSPS) is 11.2. The van der Waals surface area contributed by atoms with Gasteiger partial charge >= 0.3 is 0 Å². The quantitative estimate of drug-likeness (QED) is 0.412. The molecule has 0 aliphatic carbocycles. The summed E-state index contributed by atoms with van der Waals surface area (Å²) >= 11 is 3.76. The van der Waals surface area contributed by atoms with E-state index in [9.17, 15) is 14.9 Å². The van der Waals surface area contributed by atoms with E-state index in [-0.39, 0.29) is 16.3 Å². The average Bonchev–Trinajstić information content (AvgIpc) is 2.49. The van der Waals surface area contributed by atoms with E-state index < -0.39 is 4.92 Å². The van der Waals surface area contributed by atoms with Crippen LogP contribution >= 0.6 is 34.4 Å². The van der Waals surface area contributed by atoms with Crippen molar-refractivity contribution in [2.75, 3.05) is 12.8 Å². The molecule has 0 saturated carbocycles. The second-order valence-electron chi connectivity index (χ2n) is 4.70. The monoisotopic (exact) mass is 422 g/mol. The molecule has 1 aromatic rings. The van der Waals surface area contributed by atoms with Gasteiger partial charge in [0.2, 0.25) is 0 Å². The molecule has 0 fully saturated rings. The second kappa shape index (κ2) is 7.98. The minimum atomic E-state index is -0.489. The molecule has 0 aliphatic rings. The van der Waals surface area contributed by atoms with Crippen molar-refractivity contribution >= 4 is 45.9 Å². The predicted octanol–water partition coefficient (Wildman–Crippen LogP) is 3.85. The molecule has 0 aliphatic heterocycles. The fourth-order valence-corrected chi connectivity index (χ4v) is 3.37. The highest BCUT2D eigenvalue weighted by molar-refractivity contribution is 14.1. The number of thioether (sulfide) groups is 1. The van der Waals surface area contributed by atoms with Crippen LogP contribution in [0.4, 0.5) is 5.69 Å². The van der Waals surface area contributed by atoms with Crippen molar-refractivity contribution in [1.29, 1.82) is 0 Å². The first-order valence-electron chi connectivity index (χ1n) is 6.66. The first-order valence-corrected chi connectivity index (χ1v) is 8.96. The SMILES string of the molecule is CCC(CC)(CNC(=O)c1cc([N+](=O)[O-])ccc1I)SC. The Morgan fingerprint density at radius 1 is 1.43 bits per heavy atom. The summed E-state index contributed by atoms with van der Waals surface area (Å²) in [6.45, 7) is 4.76. The lowest BCUT2D eigenvalue weighted by Gasteiger charge is -2.29. The molecule has 0 unspecified atom stereocenters. The molecule has 0 aromatic heterocycles. The third-order valence-corrected chi connectivity index (χ3v) is 6.23. The average molecular weight is 422 g/mol. The molecule has 7 heteroatoms. The van der Waals surface area contributed by atoms with Crippen LogP contribution in [0.15, 0.2) is 18.2 Å². The summed E-state index contributed by atoms with van der Waals surface area (Å²) in [5.41, 5.74) is 0.287. The van der Waals surface area contributed by atoms with Crippen LogP contribution in [0.1, 0.15) is 37.0 Å². The van der Waals surface area contributed by atoms with Crippen molar-refractivity contribution in [3.05, 3.63) is 37.4 Å². The lowest BCUT2D eigenvalue weighted by Crippen LogP contribution is -2.39. The van der Waals surface area contributed by atoms with Gasteiger partial charge in [0.05, 0.1) is 10.5 Å². The summed E-state index contributed by atoms with van der Waals surface area (Å²) in [5.74, 6) is -0.261. The number of nitro benzene ring substituents is 1. The van der Waals surface area contributed by atoms with Crippen molar-refractivity contribution in [2.24, 2.45) is 0 Å². The Balaban J connectivity index is 2.89. The molecule has 0 spiro atoms. The molecule has 1 aromatic carbocycles. The molecule has 1 rings (SSSR count). The minimum Gasteiger partial charge on any atom is -0.351 e. The summed E-state index contributed by atoms with van der Waals surface area (Å²) in [6.07, 6.45) is 3.95. The Labute approximate surface area is 142 Å². The van der Waals surface area contributed by atoms with E-state index in [1.54, 1.807) is 17.8 Å². The van der Waals surface area contributed by atoms with Gasteiger partial charge in [-0.1, -0.05) is 13.8 Å². The van der Waals surface area contributed by atoms with Gasteiger partial charge in [0.25, 0.3) is 11.6 Å². The van der Waals surface area contributed by atoms with Gasteiger partial charge in [-0.3, -0.25) is 14.9 Å². The van der Waals surface area contributed by atoms with Crippen molar-refractivity contribution < 1.29 is 9.72 Å². The van der Waals surface area contributed by atoms with Crippen LogP contribution in [-0.2, 0) is 0 Å². The van der Waals surface area contributed by atoms with Crippen molar-refractivity contribution in [1.82, 2.24) is 5.32 Å². The van der Waals surface area contributed by atoms with E-state index in [1.807, 2.05) is 28.8 Å². The Morgan fingerprint density at radius 3 is 2.52 bits per heavy atom. The van der Waals surface area contributed by atoms with Gasteiger partial charge in [0, 0.05) is 27.0 Å². The van der Waals surface area contributed by atoms with Gasteiger partial charge in [0.15, 0.2) is 0 Å². The molecular weight excluding hydrogens is 403 g/mol. The summed E-state index contributed by atoms with van der Waals surface area (Å²) in [7, 11) is 0. The topological polar surface area (TPSA) is 72.2 Å². The molecule has 116 valence electrons. The molecular formula is C14H19IN2O3S. The van der Waals surface area contributed by atoms with Crippen LogP contribution in [0.25, 0.3) is 0 Å². The summed E-state index contributed by atoms with van der Waals surface area (Å²) < 4.78 is 0.723. The zero-order valence-corrected chi connectivity index (χ0v) is 15.3. The van der Waals surface area contributed by atoms with E-state index in [0.717, 1.165) is 12.8 Å². The Morgan fingerprint density at radius 2 is 2.05 bits per heavy atom. The number of amides is 1. The first kappa shape index (κ1) is 18.2. The Bertz CT molecular complexity index is 525. The summed E-state index contributed by atoms with van der Waals surface area (Å²) in [5, 5.41) is 13.7. The zero-order valence-electron chi connectivity index (χ0n) is 12.3. The standard InChI is InChI=1S/C14H19IN2O3S/c1-4-14(5-2,21-3)9-16-13(18)11-8-10(17(19)20)6-7-12(11)15/h6-8H,4-5,9H2,1-3H3,(H,16,18). The first-order chi connectivity index (χ1) is 9.89. The van der Waals surface area contributed by atoms with E-state index in [0.29, 0.717) is 15.7 Å². The van der Waals surface area contributed by atoms with Gasteiger partial charge < -0.3 is 5.32 Å². The third-order valence-electron chi connectivity index (χ3n) is 3.70. The molecule has 0 bridgehead atoms. The maximum Gasteiger partial charge on any atom is 0.270 e. The van der Waals surface area contributed by atoms with E-state index in [2.05, 4.69) is 19.2 Å². The fraction of sp³-hybridized carbons (Fsp3) is 0.500. The lowest BCUT2D eigenvalue weighted by atomic mass is 10.0. The predicted molar refractivity (Wildman–Crippen MR) is 95.0 cm³/mol. The van der Waals surface area contributed by atoms with Crippen LogP contribution in [-0.4, -0.2) is 28.4 Å². The van der Waals surface area contributed by atoms with Crippen LogP contribution in [0.2, 0.25) is 0 Å². The fourth-order valence-electron chi connectivity index (χ4n) is 2.00. The number of hydrogen-bond acceptors (Lipinski definition) is 4. The summed E-state index contributed by atoms with van der Waals surface area (Å²) in [4.78, 5) is 22.6. The molecule has 5 nitrogen and oxygen atoms in total. The largest absolute Gasteiger partial charge is 0.351 e. The van der Waals surface area contributed by atoms with Crippen molar-refractivity contribution in [3.8, 4) is 0 Å². The number of nitro groups is 1. The number of benzene rings is 1.